The maximum Gasteiger partial charge on any atom is 0.0297 e. The molecule has 0 nitrogen and oxygen atoms in total. The van der Waals surface area contributed by atoms with E-state index in [1.54, 1.807) is 13.8 Å². The highest BCUT2D eigenvalue weighted by Gasteiger charge is 2.14. The number of hydrogen-bond donors (Lipinski definition) is 0. The molecule has 0 radical (unpaired) electrons. The Morgan fingerprint density at radius 2 is 0.736 bits per heavy atom. The van der Waals surface area contributed by atoms with Crippen molar-refractivity contribution in [2.75, 3.05) is 0 Å². The average Bonchev–Trinajstić information content (AvgIpc) is 3.28. The van der Waals surface area contributed by atoms with Crippen LogP contribution in [0.25, 0.3) is 0 Å². The van der Waals surface area contributed by atoms with Crippen molar-refractivity contribution in [2.45, 2.75) is 325 Å². The quantitative estimate of drug-likeness (QED) is 0.221. The fourth-order valence-electron chi connectivity index (χ4n) is 5.49. The zero-order valence-corrected chi connectivity index (χ0v) is 55.0. The normalized spacial score (nSPS) is 17.0. The van der Waals surface area contributed by atoms with E-state index in [1.807, 2.05) is 69.2 Å². The van der Waals surface area contributed by atoms with Gasteiger partial charge in [0.15, 0.2) is 0 Å². The summed E-state index contributed by atoms with van der Waals surface area (Å²) in [5.74, 6) is 0.980. The van der Waals surface area contributed by atoms with E-state index >= 15 is 0 Å². The first-order chi connectivity index (χ1) is 39.4. The van der Waals surface area contributed by atoms with Gasteiger partial charge in [-0.05, 0) is 161 Å². The highest BCUT2D eigenvalue weighted by molar-refractivity contribution is 5.43. The fourth-order valence-corrected chi connectivity index (χ4v) is 5.49. The molecule has 0 aliphatic rings. The molecule has 3 aromatic rings. The van der Waals surface area contributed by atoms with Crippen LogP contribution in [0.2, 0.25) is 0 Å². The Balaban J connectivity index is -0.000000178. The van der Waals surface area contributed by atoms with Gasteiger partial charge in [-0.1, -0.05) is 302 Å². The van der Waals surface area contributed by atoms with Crippen LogP contribution in [0.1, 0.15) is 371 Å². The first-order valence-electron chi connectivity index (χ1n) is 36.7. The SMILES string of the molecule is CC.CC(C)(C)C.Cc1c(C(C)C)cc(C(C)C)cc1C(C)C.Cc1c(C(C)C)cccc1C(C)C.Cc1cc(C)c(C)c(C)c1.[2H]C(C)(C)C.[2H]C([2H])(C)C(C)(C)C.[2H]C([2H])(C)C(C)C.[2H]C([2H])([2H])C(C)(C([2H])([2H])[2H])C([2H])([2H])C.[2H]C([2H])([2H])C([2H])(C)C([2H])([2H])C. The van der Waals surface area contributed by atoms with Crippen molar-refractivity contribution < 1.29 is 26.0 Å². The third-order valence-corrected chi connectivity index (χ3v) is 10.4. The van der Waals surface area contributed by atoms with Crippen molar-refractivity contribution in [1.82, 2.24) is 0 Å². The van der Waals surface area contributed by atoms with Gasteiger partial charge in [0.05, 0.1) is 0 Å². The second-order valence-corrected chi connectivity index (χ2v) is 23.9. The lowest BCUT2D eigenvalue weighted by atomic mass is 9.85. The molecule has 3 rings (SSSR count). The first-order valence-corrected chi connectivity index (χ1v) is 27.2. The Bertz CT molecular complexity index is 2250. The van der Waals surface area contributed by atoms with Crippen molar-refractivity contribution in [3.8, 4) is 0 Å². The Kier molecular flexibility index (Phi) is 30.7. The highest BCUT2D eigenvalue weighted by Crippen LogP contribution is 2.31. The molecule has 0 bridgehead atoms. The monoisotopic (exact) mass is 1020 g/mol. The molecule has 0 heteroatoms. The van der Waals surface area contributed by atoms with Crippen LogP contribution in [0.3, 0.4) is 0 Å². The summed E-state index contributed by atoms with van der Waals surface area (Å²) in [4.78, 5) is 0. The molecule has 0 amide bonds. The van der Waals surface area contributed by atoms with Crippen LogP contribution in [-0.2, 0) is 0 Å². The van der Waals surface area contributed by atoms with Crippen LogP contribution in [0.4, 0.5) is 0 Å². The van der Waals surface area contributed by atoms with Gasteiger partial charge < -0.3 is 0 Å². The molecule has 0 heterocycles. The molecule has 0 spiro atoms. The number of aryl methyl sites for hydroxylation is 3. The second kappa shape index (κ2) is 44.9. The summed E-state index contributed by atoms with van der Waals surface area (Å²) in [5, 5.41) is 0. The molecule has 0 aliphatic carbocycles. The third-order valence-electron chi connectivity index (χ3n) is 10.4. The maximum absolute atomic E-state index is 7.34. The Morgan fingerprint density at radius 1 is 0.458 bits per heavy atom. The molecule has 72 heavy (non-hydrogen) atoms. The topological polar surface area (TPSA) is 0 Å². The van der Waals surface area contributed by atoms with Gasteiger partial charge in [-0.2, -0.15) is 0 Å². The first kappa shape index (κ1) is 49.2. The van der Waals surface area contributed by atoms with Gasteiger partial charge in [0.25, 0.3) is 0 Å². The van der Waals surface area contributed by atoms with Gasteiger partial charge in [0, 0.05) is 26.0 Å². The van der Waals surface area contributed by atoms with Gasteiger partial charge >= 0.3 is 0 Å². The van der Waals surface area contributed by atoms with E-state index in [0.717, 1.165) is 27.7 Å². The molecule has 0 fully saturated rings. The lowest BCUT2D eigenvalue weighted by molar-refractivity contribution is 0.397. The maximum atomic E-state index is 7.34. The van der Waals surface area contributed by atoms with Crippen LogP contribution in [-0.4, -0.2) is 0 Å². The molecule has 0 saturated heterocycles. The van der Waals surface area contributed by atoms with Gasteiger partial charge in [-0.15, -0.1) is 0 Å². The largest absolute Gasteiger partial charge is 0.0683 e. The van der Waals surface area contributed by atoms with E-state index in [2.05, 4.69) is 181 Å². The lowest BCUT2D eigenvalue weighted by Crippen LogP contribution is -2.03. The molecule has 428 valence electrons. The van der Waals surface area contributed by atoms with Gasteiger partial charge in [0.2, 0.25) is 0 Å². The zero-order chi connectivity index (χ0) is 75.8. The predicted molar refractivity (Wildman–Crippen MR) is 345 cm³/mol. The Hall–Kier alpha value is -2.34. The van der Waals surface area contributed by atoms with Crippen LogP contribution < -0.4 is 0 Å². The molecule has 0 aromatic heterocycles. The number of hydrogen-bond acceptors (Lipinski definition) is 0. The van der Waals surface area contributed by atoms with E-state index in [1.165, 1.54) is 61.2 Å². The van der Waals surface area contributed by atoms with Crippen LogP contribution >= 0.6 is 0 Å². The van der Waals surface area contributed by atoms with Crippen LogP contribution in [0, 0.1) is 75.5 Å². The summed E-state index contributed by atoms with van der Waals surface area (Å²) in [6, 6.07) is 15.9. The molecule has 0 aliphatic heterocycles. The molecular formula is C72H140. The van der Waals surface area contributed by atoms with E-state index in [9.17, 15) is 0 Å². The Labute approximate surface area is 487 Å². The summed E-state index contributed by atoms with van der Waals surface area (Å²) >= 11 is 0. The van der Waals surface area contributed by atoms with E-state index in [4.69, 9.17) is 26.0 Å². The Morgan fingerprint density at radius 3 is 0.903 bits per heavy atom. The van der Waals surface area contributed by atoms with Gasteiger partial charge in [0.1, 0.15) is 0 Å². The third kappa shape index (κ3) is 55.4. The van der Waals surface area contributed by atoms with Crippen molar-refractivity contribution in [3.05, 3.63) is 104 Å². The van der Waals surface area contributed by atoms with Crippen molar-refractivity contribution in [3.63, 3.8) is 0 Å². The summed E-state index contributed by atoms with van der Waals surface area (Å²) in [5.41, 5.74) is 14.0. The highest BCUT2D eigenvalue weighted by atomic mass is 14.2. The summed E-state index contributed by atoms with van der Waals surface area (Å²) in [6.45, 7) is 62.6. The number of rotatable bonds is 7. The van der Waals surface area contributed by atoms with Crippen LogP contribution in [0.15, 0.2) is 42.5 Å². The summed E-state index contributed by atoms with van der Waals surface area (Å²) in [7, 11) is 0. The van der Waals surface area contributed by atoms with Gasteiger partial charge in [-0.3, -0.25) is 0 Å². The van der Waals surface area contributed by atoms with E-state index in [-0.39, 0.29) is 17.2 Å². The lowest BCUT2D eigenvalue weighted by Gasteiger charge is -2.20. The van der Waals surface area contributed by atoms with Crippen molar-refractivity contribution in [2.24, 2.45) is 34.0 Å². The fraction of sp³-hybridized carbons (Fsp3) is 0.750. The minimum absolute atomic E-state index is 0.132. The molecule has 0 saturated carbocycles. The second-order valence-electron chi connectivity index (χ2n) is 23.9. The van der Waals surface area contributed by atoms with Crippen LogP contribution in [0.5, 0.6) is 0 Å². The molecule has 1 atom stereocenters. The van der Waals surface area contributed by atoms with Crippen molar-refractivity contribution >= 4 is 0 Å². The van der Waals surface area contributed by atoms with Crippen molar-refractivity contribution in [1.29, 1.82) is 0 Å². The number of benzene rings is 3. The van der Waals surface area contributed by atoms with E-state index in [0.29, 0.717) is 35.0 Å². The zero-order valence-electron chi connectivity index (χ0n) is 74.0. The summed E-state index contributed by atoms with van der Waals surface area (Å²) in [6.07, 6.45) is -6.38. The minimum atomic E-state index is -2.86. The minimum Gasteiger partial charge on any atom is -0.0683 e. The average molecular weight is 1030 g/mol. The van der Waals surface area contributed by atoms with E-state index < -0.39 is 57.4 Å². The standard InChI is InChI=1S/C16H26.C13H20.C10H14.2C6H14.3C5H12.C4H10.C2H6/c1-10(2)14-8-15(11(3)4)13(7)16(9-14)12(5)6;1-9(2)12-7-6-8-13(10(3)4)11(12)5;1-7-5-8(2)10(4)9(3)6-7;2*1-5-6(2,3)4;1-5(2,3)4;2*1-4-5(2)3;1-4(2)3;1-2/h8-12H,1-7H3;6-10H,1-5H3;5-6H,1-4H3;2*5H2,1-4H3;1-4H3;2*5H,4H2,1-3H3;4H,1-3H3;1-2H3/i;;;2D3,3D3,5D2;5D2;;2D3,4D2,5D;4D2;4D;. The molecule has 1 unspecified atom stereocenters. The molecular weight excluding hydrogens is 865 g/mol. The smallest absolute Gasteiger partial charge is 0.0297 e. The summed E-state index contributed by atoms with van der Waals surface area (Å²) < 4.78 is 135. The predicted octanol–water partition coefficient (Wildman–Crippen LogP) is 26.3. The molecule has 0 N–H and O–H groups in total. The van der Waals surface area contributed by atoms with Gasteiger partial charge in [-0.25, -0.2) is 0 Å². The molecule has 3 aromatic carbocycles.